The van der Waals surface area contributed by atoms with Crippen molar-refractivity contribution in [1.82, 2.24) is 4.98 Å². The van der Waals surface area contributed by atoms with E-state index < -0.39 is 0 Å². The fraction of sp³-hybridized carbons (Fsp3) is 0.636. The Balaban J connectivity index is 2.02. The van der Waals surface area contributed by atoms with Gasteiger partial charge in [0.25, 0.3) is 0 Å². The zero-order chi connectivity index (χ0) is 10.8. The van der Waals surface area contributed by atoms with Crippen LogP contribution in [0.25, 0.3) is 0 Å². The van der Waals surface area contributed by atoms with E-state index in [2.05, 4.69) is 10.3 Å². The number of rotatable bonds is 3. The minimum absolute atomic E-state index is 0.0729. The number of nitrogens with one attached hydrogen (secondary N) is 1. The zero-order valence-corrected chi connectivity index (χ0v) is 9.99. The topological polar surface area (TPSA) is 42.0 Å². The molecule has 1 amide bonds. The first kappa shape index (κ1) is 10.6. The molecule has 0 aliphatic heterocycles. The summed E-state index contributed by atoms with van der Waals surface area (Å²) < 4.78 is 0. The highest BCUT2D eigenvalue weighted by Crippen LogP contribution is 2.30. The minimum atomic E-state index is 0.0729. The molecule has 1 atom stereocenters. The Morgan fingerprint density at radius 1 is 1.60 bits per heavy atom. The quantitative estimate of drug-likeness (QED) is 0.857. The number of carbonyl (C=O) groups is 1. The largest absolute Gasteiger partial charge is 0.302 e. The maximum Gasteiger partial charge on any atom is 0.228 e. The van der Waals surface area contributed by atoms with Gasteiger partial charge in [-0.15, -0.1) is 11.3 Å². The van der Waals surface area contributed by atoms with Crippen molar-refractivity contribution in [3.8, 4) is 0 Å². The van der Waals surface area contributed by atoms with Crippen LogP contribution in [0.15, 0.2) is 0 Å². The number of thiazole rings is 1. The van der Waals surface area contributed by atoms with Gasteiger partial charge in [0.05, 0.1) is 5.69 Å². The number of aromatic nitrogens is 1. The van der Waals surface area contributed by atoms with Crippen molar-refractivity contribution in [3.63, 3.8) is 0 Å². The molecule has 0 saturated carbocycles. The van der Waals surface area contributed by atoms with Gasteiger partial charge in [-0.05, 0) is 25.7 Å². The number of aryl methyl sites for hydroxylation is 2. The van der Waals surface area contributed by atoms with E-state index >= 15 is 0 Å². The van der Waals surface area contributed by atoms with Gasteiger partial charge < -0.3 is 5.32 Å². The molecule has 1 heterocycles. The van der Waals surface area contributed by atoms with E-state index in [1.165, 1.54) is 17.0 Å². The summed E-state index contributed by atoms with van der Waals surface area (Å²) in [7, 11) is 0. The normalized spacial score (nSPS) is 16.1. The number of anilines is 1. The molecule has 15 heavy (non-hydrogen) atoms. The summed E-state index contributed by atoms with van der Waals surface area (Å²) in [5, 5.41) is 3.67. The number of nitrogens with zero attached hydrogens (tertiary/aromatic N) is 1. The van der Waals surface area contributed by atoms with Crippen LogP contribution in [0.5, 0.6) is 0 Å². The van der Waals surface area contributed by atoms with Gasteiger partial charge in [-0.3, -0.25) is 4.79 Å². The van der Waals surface area contributed by atoms with Crippen LogP contribution in [0.1, 0.15) is 37.3 Å². The second kappa shape index (κ2) is 4.31. The fourth-order valence-corrected chi connectivity index (χ4v) is 2.71. The summed E-state index contributed by atoms with van der Waals surface area (Å²) in [6.07, 6.45) is 4.29. The molecular weight excluding hydrogens is 208 g/mol. The second-order valence-corrected chi connectivity index (χ2v) is 5.12. The molecule has 0 spiro atoms. The van der Waals surface area contributed by atoms with Crippen molar-refractivity contribution >= 4 is 22.4 Å². The Bertz CT molecular complexity index is 351. The first-order chi connectivity index (χ1) is 7.20. The molecule has 1 N–H and O–H groups in total. The molecule has 0 fully saturated rings. The van der Waals surface area contributed by atoms with Gasteiger partial charge in [-0.2, -0.15) is 0 Å². The Morgan fingerprint density at radius 2 is 2.40 bits per heavy atom. The van der Waals surface area contributed by atoms with Crippen molar-refractivity contribution in [3.05, 3.63) is 10.6 Å². The van der Waals surface area contributed by atoms with Gasteiger partial charge in [-0.1, -0.05) is 13.8 Å². The lowest BCUT2D eigenvalue weighted by molar-refractivity contribution is -0.119. The third-order valence-electron chi connectivity index (χ3n) is 2.89. The summed E-state index contributed by atoms with van der Waals surface area (Å²) in [5.74, 6) is 0.161. The molecular formula is C11H16N2OS. The van der Waals surface area contributed by atoms with E-state index in [1.807, 2.05) is 13.8 Å². The Morgan fingerprint density at radius 3 is 3.07 bits per heavy atom. The Labute approximate surface area is 93.9 Å². The van der Waals surface area contributed by atoms with E-state index in [4.69, 9.17) is 0 Å². The van der Waals surface area contributed by atoms with Crippen LogP contribution in [0.3, 0.4) is 0 Å². The summed E-state index contributed by atoms with van der Waals surface area (Å²) in [6, 6.07) is 0. The monoisotopic (exact) mass is 224 g/mol. The standard InChI is InChI=1S/C11H16N2OS/c1-3-7(2)10(14)13-11-12-8-5-4-6-9(8)15-11/h7H,3-6H2,1-2H3,(H,12,13,14). The molecule has 0 bridgehead atoms. The highest BCUT2D eigenvalue weighted by Gasteiger charge is 2.18. The lowest BCUT2D eigenvalue weighted by Gasteiger charge is -2.06. The van der Waals surface area contributed by atoms with Crippen LogP contribution in [-0.2, 0) is 17.6 Å². The molecule has 1 aromatic rings. The molecule has 2 rings (SSSR count). The predicted octanol–water partition coefficient (Wildman–Crippen LogP) is 2.62. The van der Waals surface area contributed by atoms with Crippen molar-refractivity contribution in [1.29, 1.82) is 0 Å². The Hall–Kier alpha value is -0.900. The molecule has 1 aliphatic rings. The summed E-state index contributed by atoms with van der Waals surface area (Å²) in [4.78, 5) is 17.4. The maximum absolute atomic E-state index is 11.6. The molecule has 1 unspecified atom stereocenters. The van der Waals surface area contributed by atoms with Gasteiger partial charge in [0.2, 0.25) is 5.91 Å². The molecule has 4 heteroatoms. The van der Waals surface area contributed by atoms with Crippen LogP contribution >= 0.6 is 11.3 Å². The maximum atomic E-state index is 11.6. The van der Waals surface area contributed by atoms with Crippen LogP contribution in [0, 0.1) is 5.92 Å². The SMILES string of the molecule is CCC(C)C(=O)Nc1nc2c(s1)CCC2. The first-order valence-electron chi connectivity index (χ1n) is 5.50. The molecule has 1 aromatic heterocycles. The minimum Gasteiger partial charge on any atom is -0.302 e. The van der Waals surface area contributed by atoms with Crippen molar-refractivity contribution < 1.29 is 4.79 Å². The van der Waals surface area contributed by atoms with E-state index in [1.54, 1.807) is 11.3 Å². The third-order valence-corrected chi connectivity index (χ3v) is 3.96. The third kappa shape index (κ3) is 2.20. The average molecular weight is 224 g/mol. The van der Waals surface area contributed by atoms with Crippen LogP contribution in [-0.4, -0.2) is 10.9 Å². The van der Waals surface area contributed by atoms with Crippen LogP contribution < -0.4 is 5.32 Å². The highest BCUT2D eigenvalue weighted by atomic mass is 32.1. The number of hydrogen-bond donors (Lipinski definition) is 1. The first-order valence-corrected chi connectivity index (χ1v) is 6.31. The molecule has 0 radical (unpaired) electrons. The van der Waals surface area contributed by atoms with Crippen LogP contribution in [0.2, 0.25) is 0 Å². The summed E-state index contributed by atoms with van der Waals surface area (Å²) in [5.41, 5.74) is 1.19. The summed E-state index contributed by atoms with van der Waals surface area (Å²) in [6.45, 7) is 3.96. The van der Waals surface area contributed by atoms with Crippen molar-refractivity contribution in [2.45, 2.75) is 39.5 Å². The second-order valence-electron chi connectivity index (χ2n) is 4.04. The van der Waals surface area contributed by atoms with Crippen LogP contribution in [0.4, 0.5) is 5.13 Å². The van der Waals surface area contributed by atoms with Gasteiger partial charge in [-0.25, -0.2) is 4.98 Å². The molecule has 82 valence electrons. The lowest BCUT2D eigenvalue weighted by atomic mass is 10.1. The summed E-state index contributed by atoms with van der Waals surface area (Å²) >= 11 is 1.64. The van der Waals surface area contributed by atoms with Crippen molar-refractivity contribution in [2.75, 3.05) is 5.32 Å². The number of fused-ring (bicyclic) bond motifs is 1. The van der Waals surface area contributed by atoms with Gasteiger partial charge in [0.15, 0.2) is 5.13 Å². The van der Waals surface area contributed by atoms with Gasteiger partial charge in [0, 0.05) is 10.8 Å². The lowest BCUT2D eigenvalue weighted by Crippen LogP contribution is -2.19. The van der Waals surface area contributed by atoms with E-state index in [0.29, 0.717) is 0 Å². The van der Waals surface area contributed by atoms with E-state index in [-0.39, 0.29) is 11.8 Å². The number of hydrogen-bond acceptors (Lipinski definition) is 3. The molecule has 0 saturated heterocycles. The van der Waals surface area contributed by atoms with Crippen molar-refractivity contribution in [2.24, 2.45) is 5.92 Å². The highest BCUT2D eigenvalue weighted by molar-refractivity contribution is 7.15. The molecule has 3 nitrogen and oxygen atoms in total. The molecule has 1 aliphatic carbocycles. The van der Waals surface area contributed by atoms with E-state index in [0.717, 1.165) is 24.4 Å². The van der Waals surface area contributed by atoms with Gasteiger partial charge >= 0.3 is 0 Å². The predicted molar refractivity (Wildman–Crippen MR) is 62.2 cm³/mol. The van der Waals surface area contributed by atoms with Gasteiger partial charge in [0.1, 0.15) is 0 Å². The smallest absolute Gasteiger partial charge is 0.228 e. The number of carbonyl (C=O) groups excluding carboxylic acids is 1. The average Bonchev–Trinajstić information content (AvgIpc) is 2.76. The number of amides is 1. The molecule has 0 aromatic carbocycles. The van der Waals surface area contributed by atoms with E-state index in [9.17, 15) is 4.79 Å². The zero-order valence-electron chi connectivity index (χ0n) is 9.17. The Kier molecular flexibility index (Phi) is 3.05. The fourth-order valence-electron chi connectivity index (χ4n) is 1.66.